The summed E-state index contributed by atoms with van der Waals surface area (Å²) in [7, 11) is -0.350. The molecule has 0 unspecified atom stereocenters. The van der Waals surface area contributed by atoms with Crippen LogP contribution in [-0.2, 0) is 21.4 Å². The van der Waals surface area contributed by atoms with Gasteiger partial charge in [0.15, 0.2) is 0 Å². The molecule has 1 aliphatic heterocycles. The Morgan fingerprint density at radius 3 is 2.83 bits per heavy atom. The van der Waals surface area contributed by atoms with Gasteiger partial charge in [-0.1, -0.05) is 6.07 Å². The molecule has 1 aliphatic rings. The van der Waals surface area contributed by atoms with Crippen LogP contribution in [0.3, 0.4) is 0 Å². The topological polar surface area (TPSA) is 90.0 Å². The minimum Gasteiger partial charge on any atom is -0.391 e. The Hall–Kier alpha value is -1.00. The highest BCUT2D eigenvalue weighted by molar-refractivity contribution is 7.89. The summed E-state index contributed by atoms with van der Waals surface area (Å²) in [6.07, 6.45) is -0.334. The summed E-state index contributed by atoms with van der Waals surface area (Å²) in [5.74, 6) is -0.420. The molecular weight excluding hydrogens is 350 g/mol. The minimum atomic E-state index is -3.33. The highest BCUT2D eigenvalue weighted by Crippen LogP contribution is 2.20. The van der Waals surface area contributed by atoms with Gasteiger partial charge in [0.05, 0.1) is 18.4 Å². The Kier molecular flexibility index (Phi) is 6.76. The van der Waals surface area contributed by atoms with E-state index in [-0.39, 0.29) is 17.6 Å². The third-order valence-corrected chi connectivity index (χ3v) is 7.00. The van der Waals surface area contributed by atoms with Gasteiger partial charge in [-0.15, -0.1) is 11.3 Å². The van der Waals surface area contributed by atoms with Gasteiger partial charge in [-0.2, -0.15) is 0 Å². The number of nitrogens with zero attached hydrogens (tertiary/aromatic N) is 2. The molecule has 0 spiro atoms. The predicted octanol–water partition coefficient (Wildman–Crippen LogP) is -0.0615. The van der Waals surface area contributed by atoms with Gasteiger partial charge in [-0.25, -0.2) is 12.7 Å². The fourth-order valence-electron chi connectivity index (χ4n) is 2.65. The van der Waals surface area contributed by atoms with E-state index in [1.807, 2.05) is 22.4 Å². The molecule has 2 N–H and O–H groups in total. The first kappa shape index (κ1) is 19.3. The molecule has 1 aromatic rings. The van der Waals surface area contributed by atoms with Gasteiger partial charge in [0.25, 0.3) is 0 Å². The first-order valence-electron chi connectivity index (χ1n) is 7.87. The minimum absolute atomic E-state index is 0.0396. The van der Waals surface area contributed by atoms with Crippen molar-refractivity contribution in [1.82, 2.24) is 14.5 Å². The van der Waals surface area contributed by atoms with Crippen LogP contribution in [0.1, 0.15) is 11.3 Å². The highest BCUT2D eigenvalue weighted by Gasteiger charge is 2.35. The van der Waals surface area contributed by atoms with Crippen LogP contribution in [0.15, 0.2) is 17.5 Å². The summed E-state index contributed by atoms with van der Waals surface area (Å²) in [5.41, 5.74) is 0. The third-order valence-electron chi connectivity index (χ3n) is 4.16. The second-order valence-corrected chi connectivity index (χ2v) is 9.51. The van der Waals surface area contributed by atoms with Crippen molar-refractivity contribution in [3.05, 3.63) is 22.4 Å². The maximum atomic E-state index is 11.9. The van der Waals surface area contributed by atoms with E-state index in [1.54, 1.807) is 11.3 Å². The van der Waals surface area contributed by atoms with Crippen molar-refractivity contribution in [2.24, 2.45) is 5.92 Å². The second kappa shape index (κ2) is 8.39. The van der Waals surface area contributed by atoms with Gasteiger partial charge in [0.2, 0.25) is 15.9 Å². The zero-order valence-electron chi connectivity index (χ0n) is 14.0. The lowest BCUT2D eigenvalue weighted by atomic mass is 10.1. The zero-order valence-corrected chi connectivity index (χ0v) is 15.6. The summed E-state index contributed by atoms with van der Waals surface area (Å²) < 4.78 is 25.1. The van der Waals surface area contributed by atoms with E-state index in [4.69, 9.17) is 0 Å². The summed E-state index contributed by atoms with van der Waals surface area (Å²) in [6, 6.07) is 3.91. The van der Waals surface area contributed by atoms with E-state index >= 15 is 0 Å². The Morgan fingerprint density at radius 2 is 2.21 bits per heavy atom. The number of hydrogen-bond acceptors (Lipinski definition) is 6. The molecule has 0 aromatic carbocycles. The van der Waals surface area contributed by atoms with Crippen LogP contribution in [0.2, 0.25) is 0 Å². The molecule has 0 saturated carbocycles. The van der Waals surface area contributed by atoms with Crippen LogP contribution in [0.4, 0.5) is 0 Å². The Balaban J connectivity index is 1.73. The molecule has 136 valence electrons. The van der Waals surface area contributed by atoms with Crippen LogP contribution in [-0.4, -0.2) is 74.2 Å². The number of carbonyl (C=O) groups excluding carboxylic acids is 1. The molecule has 9 heteroatoms. The Labute approximate surface area is 147 Å². The number of rotatable bonds is 8. The average Bonchev–Trinajstić information content (AvgIpc) is 3.13. The number of thiophene rings is 1. The molecule has 2 rings (SSSR count). The van der Waals surface area contributed by atoms with Gasteiger partial charge >= 0.3 is 0 Å². The molecule has 24 heavy (non-hydrogen) atoms. The number of aliphatic hydroxyl groups excluding tert-OH is 1. The van der Waals surface area contributed by atoms with Gasteiger partial charge in [0.1, 0.15) is 0 Å². The van der Waals surface area contributed by atoms with Gasteiger partial charge < -0.3 is 10.4 Å². The Bertz CT molecular complexity index is 631. The maximum absolute atomic E-state index is 11.9. The highest BCUT2D eigenvalue weighted by atomic mass is 32.2. The van der Waals surface area contributed by atoms with Crippen molar-refractivity contribution in [3.63, 3.8) is 0 Å². The summed E-state index contributed by atoms with van der Waals surface area (Å²) in [5, 5.41) is 14.9. The van der Waals surface area contributed by atoms with Gasteiger partial charge in [-0.05, 0) is 11.4 Å². The quantitative estimate of drug-likeness (QED) is 0.664. The first-order valence-corrected chi connectivity index (χ1v) is 10.4. The van der Waals surface area contributed by atoms with Crippen molar-refractivity contribution in [3.8, 4) is 0 Å². The van der Waals surface area contributed by atoms with Crippen molar-refractivity contribution in [2.45, 2.75) is 19.1 Å². The monoisotopic (exact) mass is 375 g/mol. The lowest BCUT2D eigenvalue weighted by Gasteiger charge is -2.17. The van der Waals surface area contributed by atoms with Crippen LogP contribution in [0, 0.1) is 5.92 Å². The van der Waals surface area contributed by atoms with E-state index in [9.17, 15) is 18.3 Å². The number of β-amino-alcohol motifs (C(OH)–C–C–N with tert-alkyl or cyclic N) is 1. The molecule has 7 nitrogen and oxygen atoms in total. The van der Waals surface area contributed by atoms with Crippen LogP contribution in [0.5, 0.6) is 0 Å². The number of sulfonamides is 1. The SMILES string of the molecule is CN(C)S(=O)(=O)C[C@@H]1CN(CCC(=O)NCc2cccs2)C[C@H]1O. The van der Waals surface area contributed by atoms with E-state index in [2.05, 4.69) is 5.32 Å². The normalized spacial score (nSPS) is 22.2. The van der Waals surface area contributed by atoms with E-state index < -0.39 is 16.1 Å². The number of amides is 1. The van der Waals surface area contributed by atoms with E-state index in [0.717, 1.165) is 4.88 Å². The number of likely N-dealkylation sites (tertiary alicyclic amines) is 1. The number of aliphatic hydroxyl groups is 1. The van der Waals surface area contributed by atoms with Crippen molar-refractivity contribution >= 4 is 27.3 Å². The molecule has 0 bridgehead atoms. The molecule has 1 aromatic heterocycles. The van der Waals surface area contributed by atoms with Crippen LogP contribution >= 0.6 is 11.3 Å². The van der Waals surface area contributed by atoms with Crippen LogP contribution in [0.25, 0.3) is 0 Å². The third kappa shape index (κ3) is 5.52. The van der Waals surface area contributed by atoms with E-state index in [0.29, 0.717) is 32.6 Å². The molecule has 1 saturated heterocycles. The molecular formula is C15H25N3O4S2. The number of carbonyl (C=O) groups is 1. The summed E-state index contributed by atoms with van der Waals surface area (Å²) in [4.78, 5) is 14.9. The maximum Gasteiger partial charge on any atom is 0.221 e. The molecule has 0 aliphatic carbocycles. The van der Waals surface area contributed by atoms with E-state index in [1.165, 1.54) is 18.4 Å². The van der Waals surface area contributed by atoms with Crippen molar-refractivity contribution < 1.29 is 18.3 Å². The van der Waals surface area contributed by atoms with Gasteiger partial charge in [-0.3, -0.25) is 9.69 Å². The first-order chi connectivity index (χ1) is 11.3. The molecule has 2 atom stereocenters. The largest absolute Gasteiger partial charge is 0.391 e. The number of nitrogens with one attached hydrogen (secondary N) is 1. The Morgan fingerprint density at radius 1 is 1.46 bits per heavy atom. The second-order valence-electron chi connectivity index (χ2n) is 6.25. The summed E-state index contributed by atoms with van der Waals surface area (Å²) >= 11 is 1.60. The smallest absolute Gasteiger partial charge is 0.221 e. The molecule has 1 amide bonds. The van der Waals surface area contributed by atoms with Crippen LogP contribution < -0.4 is 5.32 Å². The fraction of sp³-hybridized carbons (Fsp3) is 0.667. The summed E-state index contributed by atoms with van der Waals surface area (Å²) in [6.45, 7) is 1.95. The molecule has 1 fully saturated rings. The van der Waals surface area contributed by atoms with Crippen molar-refractivity contribution in [1.29, 1.82) is 0 Å². The lowest BCUT2D eigenvalue weighted by molar-refractivity contribution is -0.121. The zero-order chi connectivity index (χ0) is 17.7. The molecule has 0 radical (unpaired) electrons. The van der Waals surface area contributed by atoms with Crippen molar-refractivity contribution in [2.75, 3.05) is 39.5 Å². The number of hydrogen-bond donors (Lipinski definition) is 2. The fourth-order valence-corrected chi connectivity index (χ4v) is 4.47. The predicted molar refractivity (Wildman–Crippen MR) is 94.2 cm³/mol. The molecule has 2 heterocycles. The van der Waals surface area contributed by atoms with Gasteiger partial charge in [0, 0.05) is 50.9 Å². The average molecular weight is 376 g/mol. The standard InChI is InChI=1S/C15H25N3O4S2/c1-17(2)24(21,22)11-12-9-18(10-14(12)19)6-5-15(20)16-8-13-4-3-7-23-13/h3-4,7,12,14,19H,5-6,8-11H2,1-2H3,(H,16,20)/t12-,14+/m0/s1. The lowest BCUT2D eigenvalue weighted by Crippen LogP contribution is -2.33.